The first-order valence-corrected chi connectivity index (χ1v) is 17.5. The SMILES string of the molecule is CCCCCCCCCCCCCCOC(C[N+](C)(CCC)CCC)C(=O)CCCCCCCCCCC. The summed E-state index contributed by atoms with van der Waals surface area (Å²) in [6.07, 6.45) is 30.8. The lowest BCUT2D eigenvalue weighted by Crippen LogP contribution is -2.52. The molecule has 0 saturated heterocycles. The van der Waals surface area contributed by atoms with E-state index in [1.54, 1.807) is 0 Å². The zero-order valence-corrected chi connectivity index (χ0v) is 27.1. The van der Waals surface area contributed by atoms with Crippen LogP contribution in [0.1, 0.15) is 182 Å². The molecule has 0 aromatic heterocycles. The highest BCUT2D eigenvalue weighted by Crippen LogP contribution is 2.16. The fourth-order valence-corrected chi connectivity index (χ4v) is 5.96. The quantitative estimate of drug-likeness (QED) is 0.0648. The lowest BCUT2D eigenvalue weighted by atomic mass is 10.0. The second-order valence-electron chi connectivity index (χ2n) is 12.5. The van der Waals surface area contributed by atoms with Crippen LogP contribution in [-0.2, 0) is 9.53 Å². The van der Waals surface area contributed by atoms with Gasteiger partial charge < -0.3 is 9.22 Å². The normalized spacial score (nSPS) is 12.8. The lowest BCUT2D eigenvalue weighted by Gasteiger charge is -2.36. The van der Waals surface area contributed by atoms with E-state index in [9.17, 15) is 4.79 Å². The number of ether oxygens (including phenoxy) is 1. The molecule has 0 aliphatic rings. The minimum absolute atomic E-state index is 0.208. The summed E-state index contributed by atoms with van der Waals surface area (Å²) in [4.78, 5) is 13.3. The van der Waals surface area contributed by atoms with Gasteiger partial charge in [-0.15, -0.1) is 0 Å². The Labute approximate surface area is 240 Å². The summed E-state index contributed by atoms with van der Waals surface area (Å²) in [5.41, 5.74) is 0. The van der Waals surface area contributed by atoms with Crippen molar-refractivity contribution in [1.82, 2.24) is 0 Å². The zero-order chi connectivity index (χ0) is 28.2. The first-order chi connectivity index (χ1) is 18.5. The largest absolute Gasteiger partial charge is 0.364 e. The molecule has 1 atom stereocenters. The number of rotatable bonds is 31. The van der Waals surface area contributed by atoms with Crippen LogP contribution in [0.25, 0.3) is 0 Å². The molecule has 0 rings (SSSR count). The predicted molar refractivity (Wildman–Crippen MR) is 169 cm³/mol. The van der Waals surface area contributed by atoms with Gasteiger partial charge in [0.05, 0.1) is 20.1 Å². The molecule has 0 amide bonds. The molecule has 0 fully saturated rings. The van der Waals surface area contributed by atoms with Gasteiger partial charge >= 0.3 is 0 Å². The number of quaternary nitrogens is 1. The highest BCUT2D eigenvalue weighted by molar-refractivity contribution is 5.83. The molecule has 0 saturated carbocycles. The number of Topliss-reactive ketones (excluding diaryl/α,β-unsaturated/α-hetero) is 1. The molecule has 0 N–H and O–H groups in total. The van der Waals surface area contributed by atoms with Gasteiger partial charge in [-0.1, -0.05) is 150 Å². The minimum atomic E-state index is -0.208. The average molecular weight is 539 g/mol. The minimum Gasteiger partial charge on any atom is -0.364 e. The monoisotopic (exact) mass is 539 g/mol. The molecule has 0 aliphatic heterocycles. The van der Waals surface area contributed by atoms with Crippen LogP contribution in [0.3, 0.4) is 0 Å². The third-order valence-corrected chi connectivity index (χ3v) is 8.34. The molecule has 0 aliphatic carbocycles. The first kappa shape index (κ1) is 37.6. The van der Waals surface area contributed by atoms with E-state index in [-0.39, 0.29) is 6.10 Å². The summed E-state index contributed by atoms with van der Waals surface area (Å²) in [5, 5.41) is 0. The summed E-state index contributed by atoms with van der Waals surface area (Å²) in [5.74, 6) is 0.364. The van der Waals surface area contributed by atoms with E-state index in [0.29, 0.717) is 12.2 Å². The third-order valence-electron chi connectivity index (χ3n) is 8.34. The number of nitrogens with zero attached hydrogens (tertiary/aromatic N) is 1. The Balaban J connectivity index is 4.27. The Bertz CT molecular complexity index is 486. The van der Waals surface area contributed by atoms with E-state index in [4.69, 9.17) is 4.74 Å². The highest BCUT2D eigenvalue weighted by atomic mass is 16.5. The molecule has 1 unspecified atom stereocenters. The Kier molecular flexibility index (Phi) is 27.8. The van der Waals surface area contributed by atoms with Gasteiger partial charge in [0.1, 0.15) is 6.54 Å². The molecule has 0 aromatic rings. The number of hydrogen-bond acceptors (Lipinski definition) is 2. The summed E-state index contributed by atoms with van der Waals surface area (Å²) in [6.45, 7) is 13.0. The molecular weight excluding hydrogens is 466 g/mol. The van der Waals surface area contributed by atoms with Crippen LogP contribution in [0.5, 0.6) is 0 Å². The third kappa shape index (κ3) is 23.5. The standard InChI is InChI=1S/C35H72NO2/c1-6-10-12-14-16-18-19-20-22-24-26-28-32-38-35(33-36(5,30-8-3)31-9-4)34(37)29-27-25-23-21-17-15-13-11-7-2/h35H,6-33H2,1-5H3/q+1. The van der Waals surface area contributed by atoms with Crippen molar-refractivity contribution in [2.75, 3.05) is 33.3 Å². The maximum absolute atomic E-state index is 13.3. The number of likely N-dealkylation sites (N-methyl/N-ethyl adjacent to an activating group) is 1. The van der Waals surface area contributed by atoms with Gasteiger partial charge in [0.25, 0.3) is 0 Å². The summed E-state index contributed by atoms with van der Waals surface area (Å²) in [7, 11) is 2.33. The summed E-state index contributed by atoms with van der Waals surface area (Å²) >= 11 is 0. The Morgan fingerprint density at radius 2 is 0.895 bits per heavy atom. The molecule has 3 heteroatoms. The highest BCUT2D eigenvalue weighted by Gasteiger charge is 2.30. The van der Waals surface area contributed by atoms with Crippen LogP contribution in [0, 0.1) is 0 Å². The number of unbranched alkanes of at least 4 members (excludes halogenated alkanes) is 19. The maximum atomic E-state index is 13.3. The average Bonchev–Trinajstić information content (AvgIpc) is 2.89. The van der Waals surface area contributed by atoms with Crippen LogP contribution >= 0.6 is 0 Å². The van der Waals surface area contributed by atoms with Gasteiger partial charge in [-0.05, 0) is 25.7 Å². The van der Waals surface area contributed by atoms with Gasteiger partial charge in [-0.3, -0.25) is 4.79 Å². The van der Waals surface area contributed by atoms with Gasteiger partial charge in [0.15, 0.2) is 11.9 Å². The molecular formula is C35H72NO2+. The lowest BCUT2D eigenvalue weighted by molar-refractivity contribution is -0.911. The van der Waals surface area contributed by atoms with Gasteiger partial charge in [0, 0.05) is 13.0 Å². The predicted octanol–water partition coefficient (Wildman–Crippen LogP) is 10.8. The summed E-state index contributed by atoms with van der Waals surface area (Å²) < 4.78 is 7.32. The Morgan fingerprint density at radius 3 is 1.29 bits per heavy atom. The number of hydrogen-bond donors (Lipinski definition) is 0. The van der Waals surface area contributed by atoms with Crippen LogP contribution in [-0.4, -0.2) is 49.7 Å². The van der Waals surface area contributed by atoms with Crippen molar-refractivity contribution in [3.63, 3.8) is 0 Å². The second-order valence-corrected chi connectivity index (χ2v) is 12.5. The summed E-state index contributed by atoms with van der Waals surface area (Å²) in [6, 6.07) is 0. The number of carbonyl (C=O) groups is 1. The van der Waals surface area contributed by atoms with E-state index in [1.807, 2.05) is 0 Å². The first-order valence-electron chi connectivity index (χ1n) is 17.5. The molecule has 0 radical (unpaired) electrons. The van der Waals surface area contributed by atoms with E-state index in [1.165, 1.54) is 122 Å². The van der Waals surface area contributed by atoms with E-state index in [2.05, 4.69) is 34.7 Å². The maximum Gasteiger partial charge on any atom is 0.167 e. The van der Waals surface area contributed by atoms with E-state index in [0.717, 1.165) is 56.4 Å². The van der Waals surface area contributed by atoms with Crippen LogP contribution < -0.4 is 0 Å². The Hall–Kier alpha value is -0.410. The Morgan fingerprint density at radius 1 is 0.526 bits per heavy atom. The van der Waals surface area contributed by atoms with Crippen molar-refractivity contribution in [1.29, 1.82) is 0 Å². The van der Waals surface area contributed by atoms with Crippen molar-refractivity contribution in [3.05, 3.63) is 0 Å². The van der Waals surface area contributed by atoms with Crippen LogP contribution in [0.4, 0.5) is 0 Å². The molecule has 3 nitrogen and oxygen atoms in total. The van der Waals surface area contributed by atoms with Gasteiger partial charge in [0.2, 0.25) is 0 Å². The smallest absolute Gasteiger partial charge is 0.167 e. The van der Waals surface area contributed by atoms with Crippen LogP contribution in [0.2, 0.25) is 0 Å². The molecule has 228 valence electrons. The fourth-order valence-electron chi connectivity index (χ4n) is 5.96. The van der Waals surface area contributed by atoms with Crippen molar-refractivity contribution < 1.29 is 14.0 Å². The van der Waals surface area contributed by atoms with Gasteiger partial charge in [-0.25, -0.2) is 0 Å². The number of carbonyl (C=O) groups excluding carboxylic acids is 1. The van der Waals surface area contributed by atoms with Crippen molar-refractivity contribution in [2.24, 2.45) is 0 Å². The van der Waals surface area contributed by atoms with E-state index < -0.39 is 0 Å². The van der Waals surface area contributed by atoms with Crippen molar-refractivity contribution >= 4 is 5.78 Å². The molecule has 0 aromatic carbocycles. The topological polar surface area (TPSA) is 26.3 Å². The molecule has 0 spiro atoms. The van der Waals surface area contributed by atoms with Crippen LogP contribution in [0.15, 0.2) is 0 Å². The molecule has 38 heavy (non-hydrogen) atoms. The van der Waals surface area contributed by atoms with Crippen molar-refractivity contribution in [3.8, 4) is 0 Å². The zero-order valence-electron chi connectivity index (χ0n) is 27.1. The van der Waals surface area contributed by atoms with Crippen molar-refractivity contribution in [2.45, 2.75) is 188 Å². The fraction of sp³-hybridized carbons (Fsp3) is 0.971. The second kappa shape index (κ2) is 28.1. The van der Waals surface area contributed by atoms with E-state index >= 15 is 0 Å². The molecule has 0 bridgehead atoms. The van der Waals surface area contributed by atoms with Gasteiger partial charge in [-0.2, -0.15) is 0 Å². The molecule has 0 heterocycles. The number of ketones is 1.